The third-order valence-electron chi connectivity index (χ3n) is 2.95. The van der Waals surface area contributed by atoms with Crippen LogP contribution in [0.2, 0.25) is 5.02 Å². The lowest BCUT2D eigenvalue weighted by Crippen LogP contribution is -2.46. The monoisotopic (exact) mass is 319 g/mol. The maximum Gasteiger partial charge on any atom is 0.0644 e. The molecule has 0 saturated carbocycles. The number of hydrogen-bond acceptors (Lipinski definition) is 3. The highest BCUT2D eigenvalue weighted by Crippen LogP contribution is 2.23. The van der Waals surface area contributed by atoms with Crippen molar-refractivity contribution in [3.05, 3.63) is 33.3 Å². The fraction of sp³-hybridized carbons (Fsp3) is 0.500. The van der Waals surface area contributed by atoms with Gasteiger partial charge in [-0.2, -0.15) is 0 Å². The maximum atomic E-state index is 9.29. The number of halogens is 2. The van der Waals surface area contributed by atoms with Crippen LogP contribution in [-0.2, 0) is 11.3 Å². The van der Waals surface area contributed by atoms with Gasteiger partial charge in [-0.3, -0.25) is 4.90 Å². The van der Waals surface area contributed by atoms with Crippen molar-refractivity contribution in [3.63, 3.8) is 0 Å². The molecule has 0 spiro atoms. The molecule has 1 aromatic carbocycles. The van der Waals surface area contributed by atoms with Gasteiger partial charge in [0.05, 0.1) is 25.9 Å². The molecule has 2 rings (SSSR count). The average Bonchev–Trinajstić information content (AvgIpc) is 2.33. The summed E-state index contributed by atoms with van der Waals surface area (Å²) in [6.45, 7) is 3.00. The van der Waals surface area contributed by atoms with Gasteiger partial charge in [-0.05, 0) is 17.7 Å². The lowest BCUT2D eigenvalue weighted by molar-refractivity contribution is -0.0312. The summed E-state index contributed by atoms with van der Waals surface area (Å²) < 4.78 is 6.33. The Kier molecular flexibility index (Phi) is 4.82. The second-order valence-electron chi connectivity index (χ2n) is 4.12. The molecular formula is C12H15BrClNO2. The van der Waals surface area contributed by atoms with Crippen molar-refractivity contribution in [3.8, 4) is 0 Å². The van der Waals surface area contributed by atoms with E-state index in [-0.39, 0.29) is 12.6 Å². The van der Waals surface area contributed by atoms with Gasteiger partial charge < -0.3 is 9.84 Å². The highest BCUT2D eigenvalue weighted by Gasteiger charge is 2.22. The second kappa shape index (κ2) is 6.16. The molecule has 0 bridgehead atoms. The molecule has 1 aliphatic rings. The Labute approximate surface area is 114 Å². The molecule has 1 heterocycles. The van der Waals surface area contributed by atoms with E-state index in [1.54, 1.807) is 0 Å². The van der Waals surface area contributed by atoms with E-state index in [1.807, 2.05) is 18.2 Å². The van der Waals surface area contributed by atoms with Crippen LogP contribution in [0.3, 0.4) is 0 Å². The predicted molar refractivity (Wildman–Crippen MR) is 71.3 cm³/mol. The molecule has 3 nitrogen and oxygen atoms in total. The fourth-order valence-corrected chi connectivity index (χ4v) is 2.67. The number of hydrogen-bond donors (Lipinski definition) is 1. The van der Waals surface area contributed by atoms with E-state index in [0.717, 1.165) is 28.1 Å². The molecule has 0 amide bonds. The van der Waals surface area contributed by atoms with Crippen molar-refractivity contribution in [2.24, 2.45) is 0 Å². The molecule has 0 radical (unpaired) electrons. The summed E-state index contributed by atoms with van der Waals surface area (Å²) in [7, 11) is 0. The van der Waals surface area contributed by atoms with Crippen molar-refractivity contribution in [2.45, 2.75) is 12.6 Å². The highest BCUT2D eigenvalue weighted by molar-refractivity contribution is 9.10. The zero-order valence-corrected chi connectivity index (χ0v) is 11.7. The van der Waals surface area contributed by atoms with Gasteiger partial charge in [0.1, 0.15) is 0 Å². The van der Waals surface area contributed by atoms with Crippen molar-refractivity contribution >= 4 is 27.5 Å². The van der Waals surface area contributed by atoms with Gasteiger partial charge in [0.15, 0.2) is 0 Å². The minimum atomic E-state index is 0.0727. The lowest BCUT2D eigenvalue weighted by atomic mass is 10.1. The van der Waals surface area contributed by atoms with Gasteiger partial charge in [-0.15, -0.1) is 0 Å². The van der Waals surface area contributed by atoms with Gasteiger partial charge in [-0.1, -0.05) is 33.6 Å². The first-order chi connectivity index (χ1) is 8.20. The van der Waals surface area contributed by atoms with E-state index in [4.69, 9.17) is 16.3 Å². The third-order valence-corrected chi connectivity index (χ3v) is 3.79. The van der Waals surface area contributed by atoms with Crippen LogP contribution in [0, 0.1) is 0 Å². The van der Waals surface area contributed by atoms with Crippen molar-refractivity contribution in [1.82, 2.24) is 4.90 Å². The largest absolute Gasteiger partial charge is 0.395 e. The Morgan fingerprint density at radius 1 is 1.53 bits per heavy atom. The first-order valence-corrected chi connectivity index (χ1v) is 6.74. The van der Waals surface area contributed by atoms with E-state index in [9.17, 15) is 5.11 Å². The van der Waals surface area contributed by atoms with Crippen LogP contribution in [-0.4, -0.2) is 42.4 Å². The Hall–Kier alpha value is -0.130. The van der Waals surface area contributed by atoms with Crippen molar-refractivity contribution < 1.29 is 9.84 Å². The molecule has 1 aromatic rings. The molecule has 1 N–H and O–H groups in total. The summed E-state index contributed by atoms with van der Waals surface area (Å²) in [6, 6.07) is 5.96. The zero-order chi connectivity index (χ0) is 12.3. The number of aliphatic hydroxyl groups excluding tert-OH is 1. The third kappa shape index (κ3) is 3.42. The molecule has 1 fully saturated rings. The zero-order valence-electron chi connectivity index (χ0n) is 9.40. The number of ether oxygens (including phenoxy) is 1. The first-order valence-electron chi connectivity index (χ1n) is 5.57. The van der Waals surface area contributed by atoms with Crippen molar-refractivity contribution in [2.75, 3.05) is 26.4 Å². The van der Waals surface area contributed by atoms with E-state index in [1.165, 1.54) is 0 Å². The number of nitrogens with zero attached hydrogens (tertiary/aromatic N) is 1. The smallest absolute Gasteiger partial charge is 0.0644 e. The lowest BCUT2D eigenvalue weighted by Gasteiger charge is -2.34. The Balaban J connectivity index is 2.08. The number of aliphatic hydroxyl groups is 1. The predicted octanol–water partition coefficient (Wildman–Crippen LogP) is 2.30. The Morgan fingerprint density at radius 2 is 2.35 bits per heavy atom. The standard InChI is InChI=1S/C12H15BrClNO2/c13-10-2-1-9(12(14)5-10)6-15-3-4-17-8-11(15)7-16/h1-2,5,11,16H,3-4,6-8H2. The van der Waals surface area contributed by atoms with Crippen LogP contribution in [0.5, 0.6) is 0 Å². The van der Waals surface area contributed by atoms with Gasteiger partial charge in [-0.25, -0.2) is 0 Å². The van der Waals surface area contributed by atoms with Gasteiger partial charge in [0.2, 0.25) is 0 Å². The maximum absolute atomic E-state index is 9.29. The molecule has 5 heteroatoms. The summed E-state index contributed by atoms with van der Waals surface area (Å²) in [5, 5.41) is 10.0. The topological polar surface area (TPSA) is 32.7 Å². The molecule has 17 heavy (non-hydrogen) atoms. The van der Waals surface area contributed by atoms with Crippen molar-refractivity contribution in [1.29, 1.82) is 0 Å². The number of morpholine rings is 1. The normalized spacial score (nSPS) is 21.7. The number of benzene rings is 1. The molecule has 0 aromatic heterocycles. The Morgan fingerprint density at radius 3 is 3.06 bits per heavy atom. The minimum absolute atomic E-state index is 0.0727. The van der Waals surface area contributed by atoms with Crippen LogP contribution in [0.25, 0.3) is 0 Å². The first kappa shape index (κ1) is 13.3. The SMILES string of the molecule is OCC1COCCN1Cc1ccc(Br)cc1Cl. The second-order valence-corrected chi connectivity index (χ2v) is 5.44. The van der Waals surface area contributed by atoms with Crippen LogP contribution in [0.1, 0.15) is 5.56 Å². The van der Waals surface area contributed by atoms with Gasteiger partial charge >= 0.3 is 0 Å². The number of rotatable bonds is 3. The molecule has 1 atom stereocenters. The molecule has 94 valence electrons. The van der Waals surface area contributed by atoms with E-state index < -0.39 is 0 Å². The minimum Gasteiger partial charge on any atom is -0.395 e. The van der Waals surface area contributed by atoms with Gasteiger partial charge in [0.25, 0.3) is 0 Å². The molecule has 1 unspecified atom stereocenters. The molecule has 1 aliphatic heterocycles. The van der Waals surface area contributed by atoms with Crippen LogP contribution in [0.4, 0.5) is 0 Å². The molecule has 1 saturated heterocycles. The van der Waals surface area contributed by atoms with E-state index >= 15 is 0 Å². The average molecular weight is 321 g/mol. The fourth-order valence-electron chi connectivity index (χ4n) is 1.93. The Bertz CT molecular complexity index is 389. The van der Waals surface area contributed by atoms with Crippen LogP contribution < -0.4 is 0 Å². The van der Waals surface area contributed by atoms with Gasteiger partial charge in [0, 0.05) is 22.6 Å². The highest BCUT2D eigenvalue weighted by atomic mass is 79.9. The van der Waals surface area contributed by atoms with E-state index in [2.05, 4.69) is 20.8 Å². The van der Waals surface area contributed by atoms with Crippen LogP contribution in [0.15, 0.2) is 22.7 Å². The summed E-state index contributed by atoms with van der Waals surface area (Å²) >= 11 is 9.58. The quantitative estimate of drug-likeness (QED) is 0.927. The molecule has 0 aliphatic carbocycles. The summed E-state index contributed by atoms with van der Waals surface area (Å²) in [6.07, 6.45) is 0. The summed E-state index contributed by atoms with van der Waals surface area (Å²) in [4.78, 5) is 2.21. The summed E-state index contributed by atoms with van der Waals surface area (Å²) in [5.74, 6) is 0. The van der Waals surface area contributed by atoms with Crippen LogP contribution >= 0.6 is 27.5 Å². The molecular weight excluding hydrogens is 305 g/mol. The van der Waals surface area contributed by atoms with E-state index in [0.29, 0.717) is 13.2 Å². The summed E-state index contributed by atoms with van der Waals surface area (Å²) in [5.41, 5.74) is 1.08.